The minimum atomic E-state index is -4.94. The third-order valence-corrected chi connectivity index (χ3v) is 2.69. The minimum absolute atomic E-state index is 0.0432. The molecule has 0 unspecified atom stereocenters. The van der Waals surface area contributed by atoms with Gasteiger partial charge in [-0.25, -0.2) is 0 Å². The van der Waals surface area contributed by atoms with Gasteiger partial charge in [-0.15, -0.1) is 0 Å². The van der Waals surface area contributed by atoms with Crippen molar-refractivity contribution in [2.24, 2.45) is 0 Å². The molecule has 4 nitrogen and oxygen atoms in total. The summed E-state index contributed by atoms with van der Waals surface area (Å²) >= 11 is 0. The lowest BCUT2D eigenvalue weighted by atomic mass is 10.0. The molecule has 1 aliphatic rings. The van der Waals surface area contributed by atoms with Crippen molar-refractivity contribution in [3.63, 3.8) is 0 Å². The van der Waals surface area contributed by atoms with Crippen molar-refractivity contribution in [1.29, 1.82) is 0 Å². The van der Waals surface area contributed by atoms with Crippen molar-refractivity contribution >= 4 is 17.3 Å². The van der Waals surface area contributed by atoms with E-state index in [9.17, 15) is 18.0 Å². The largest absolute Gasteiger partial charge is 0.484 e. The van der Waals surface area contributed by atoms with Gasteiger partial charge >= 0.3 is 12.1 Å². The molecule has 0 radical (unpaired) electrons. The number of hydrogen-bond donors (Lipinski definition) is 1. The highest BCUT2D eigenvalue weighted by Gasteiger charge is 2.47. The summed E-state index contributed by atoms with van der Waals surface area (Å²) in [6, 6.07) is 4.27. The second-order valence-electron chi connectivity index (χ2n) is 4.98. The molecule has 104 valence electrons. The Kier molecular flexibility index (Phi) is 2.87. The molecule has 0 bridgehead atoms. The van der Waals surface area contributed by atoms with Crippen molar-refractivity contribution in [3.05, 3.63) is 18.2 Å². The van der Waals surface area contributed by atoms with Crippen LogP contribution < -0.4 is 15.4 Å². The molecule has 1 aromatic carbocycles. The first kappa shape index (κ1) is 13.5. The average molecular weight is 274 g/mol. The smallest absolute Gasteiger partial charge is 0.471 e. The molecule has 0 spiro atoms. The van der Waals surface area contributed by atoms with E-state index in [1.165, 1.54) is 18.2 Å². The van der Waals surface area contributed by atoms with Crippen LogP contribution in [0.25, 0.3) is 0 Å². The van der Waals surface area contributed by atoms with Gasteiger partial charge in [-0.1, -0.05) is 0 Å². The van der Waals surface area contributed by atoms with Gasteiger partial charge in [-0.2, -0.15) is 13.2 Å². The number of hydrogen-bond acceptors (Lipinski definition) is 3. The van der Waals surface area contributed by atoms with Crippen molar-refractivity contribution in [2.45, 2.75) is 25.6 Å². The number of carbonyl (C=O) groups is 1. The van der Waals surface area contributed by atoms with Gasteiger partial charge in [0, 0.05) is 5.69 Å². The summed E-state index contributed by atoms with van der Waals surface area (Å²) in [6.45, 7) is 3.04. The zero-order valence-electron chi connectivity index (χ0n) is 10.4. The molecule has 0 atom stereocenters. The molecule has 2 N–H and O–H groups in total. The van der Waals surface area contributed by atoms with E-state index in [4.69, 9.17) is 10.5 Å². The molecular weight excluding hydrogens is 261 g/mol. The third-order valence-electron chi connectivity index (χ3n) is 2.69. The van der Waals surface area contributed by atoms with Gasteiger partial charge in [0.15, 0.2) is 0 Å². The van der Waals surface area contributed by atoms with Crippen LogP contribution in [0.4, 0.5) is 24.5 Å². The number of fused-ring (bicyclic) bond motifs is 1. The number of halogens is 3. The van der Waals surface area contributed by atoms with Gasteiger partial charge in [-0.3, -0.25) is 9.69 Å². The normalized spacial score (nSPS) is 17.6. The standard InChI is InChI=1S/C12H13F3N2O2/c1-11(2)6-17(10(18)12(13,14)15)8-5-7(16)3-4-9(8)19-11/h3-5H,6,16H2,1-2H3. The number of ether oxygens (including phenoxy) is 1. The topological polar surface area (TPSA) is 55.6 Å². The fourth-order valence-corrected chi connectivity index (χ4v) is 1.96. The molecule has 19 heavy (non-hydrogen) atoms. The average Bonchev–Trinajstić information content (AvgIpc) is 2.26. The van der Waals surface area contributed by atoms with Crippen LogP contribution in [0.5, 0.6) is 5.75 Å². The molecule has 1 amide bonds. The Bertz CT molecular complexity index is 526. The minimum Gasteiger partial charge on any atom is -0.484 e. The summed E-state index contributed by atoms with van der Waals surface area (Å²) in [6.07, 6.45) is -4.94. The van der Waals surface area contributed by atoms with Crippen LogP contribution >= 0.6 is 0 Å². The van der Waals surface area contributed by atoms with E-state index in [0.29, 0.717) is 4.90 Å². The van der Waals surface area contributed by atoms with Gasteiger partial charge in [0.2, 0.25) is 0 Å². The van der Waals surface area contributed by atoms with Crippen molar-refractivity contribution in [1.82, 2.24) is 0 Å². The predicted molar refractivity (Wildman–Crippen MR) is 64.0 cm³/mol. The third kappa shape index (κ3) is 2.59. The Morgan fingerprint density at radius 1 is 1.42 bits per heavy atom. The molecule has 7 heteroatoms. The highest BCUT2D eigenvalue weighted by Crippen LogP contribution is 2.39. The zero-order valence-corrected chi connectivity index (χ0v) is 10.4. The molecule has 1 heterocycles. The lowest BCUT2D eigenvalue weighted by molar-refractivity contribution is -0.171. The summed E-state index contributed by atoms with van der Waals surface area (Å²) in [5.41, 5.74) is 4.96. The van der Waals surface area contributed by atoms with Crippen molar-refractivity contribution in [2.75, 3.05) is 17.2 Å². The maximum atomic E-state index is 12.6. The predicted octanol–water partition coefficient (Wildman–Crippen LogP) is 2.34. The number of amides is 1. The summed E-state index contributed by atoms with van der Waals surface area (Å²) in [5.74, 6) is -1.71. The number of rotatable bonds is 0. The maximum Gasteiger partial charge on any atom is 0.471 e. The van der Waals surface area contributed by atoms with E-state index in [1.54, 1.807) is 13.8 Å². The Morgan fingerprint density at radius 2 is 2.05 bits per heavy atom. The number of nitrogens with two attached hydrogens (primary N) is 1. The van der Waals surface area contributed by atoms with Crippen LogP contribution in [-0.2, 0) is 4.79 Å². The summed E-state index contributed by atoms with van der Waals surface area (Å²) < 4.78 is 43.4. The molecule has 0 saturated carbocycles. The Morgan fingerprint density at radius 3 is 2.63 bits per heavy atom. The fourth-order valence-electron chi connectivity index (χ4n) is 1.96. The Balaban J connectivity index is 2.50. The SMILES string of the molecule is CC1(C)CN(C(=O)C(F)(F)F)c2cc(N)ccc2O1. The first-order valence-electron chi connectivity index (χ1n) is 5.57. The first-order chi connectivity index (χ1) is 8.60. The summed E-state index contributed by atoms with van der Waals surface area (Å²) in [4.78, 5) is 12.1. The molecule has 0 saturated heterocycles. The number of benzene rings is 1. The van der Waals surface area contributed by atoms with Crippen LogP contribution in [0.15, 0.2) is 18.2 Å². The van der Waals surface area contributed by atoms with Gasteiger partial charge in [0.1, 0.15) is 11.4 Å². The Hall–Kier alpha value is -1.92. The second-order valence-corrected chi connectivity index (χ2v) is 4.98. The molecule has 0 aromatic heterocycles. The molecule has 0 fully saturated rings. The van der Waals surface area contributed by atoms with E-state index in [0.717, 1.165) is 0 Å². The van der Waals surface area contributed by atoms with E-state index in [-0.39, 0.29) is 23.7 Å². The summed E-state index contributed by atoms with van der Waals surface area (Å²) in [7, 11) is 0. The fraction of sp³-hybridized carbons (Fsp3) is 0.417. The zero-order chi connectivity index (χ0) is 14.4. The van der Waals surface area contributed by atoms with Crippen LogP contribution in [0.2, 0.25) is 0 Å². The van der Waals surface area contributed by atoms with Crippen molar-refractivity contribution in [3.8, 4) is 5.75 Å². The Labute approximate surface area is 107 Å². The van der Waals surface area contributed by atoms with Crippen LogP contribution in [0.1, 0.15) is 13.8 Å². The number of nitrogens with zero attached hydrogens (tertiary/aromatic N) is 1. The number of carbonyl (C=O) groups excluding carboxylic acids is 1. The number of alkyl halides is 3. The lowest BCUT2D eigenvalue weighted by Gasteiger charge is -2.39. The van der Waals surface area contributed by atoms with E-state index in [2.05, 4.69) is 0 Å². The highest BCUT2D eigenvalue weighted by molar-refractivity contribution is 5.99. The van der Waals surface area contributed by atoms with E-state index >= 15 is 0 Å². The number of anilines is 2. The van der Waals surface area contributed by atoms with Crippen LogP contribution in [-0.4, -0.2) is 24.2 Å². The highest BCUT2D eigenvalue weighted by atomic mass is 19.4. The van der Waals surface area contributed by atoms with E-state index in [1.807, 2.05) is 0 Å². The molecule has 1 aliphatic heterocycles. The van der Waals surface area contributed by atoms with Gasteiger partial charge in [-0.05, 0) is 32.0 Å². The molecule has 1 aromatic rings. The quantitative estimate of drug-likeness (QED) is 0.739. The second kappa shape index (κ2) is 4.04. The van der Waals surface area contributed by atoms with Gasteiger partial charge in [0.05, 0.1) is 12.2 Å². The van der Waals surface area contributed by atoms with Gasteiger partial charge in [0.25, 0.3) is 0 Å². The first-order valence-corrected chi connectivity index (χ1v) is 5.57. The monoisotopic (exact) mass is 274 g/mol. The summed E-state index contributed by atoms with van der Waals surface area (Å²) in [5, 5.41) is 0. The van der Waals surface area contributed by atoms with Crippen LogP contribution in [0, 0.1) is 0 Å². The van der Waals surface area contributed by atoms with Crippen molar-refractivity contribution < 1.29 is 22.7 Å². The van der Waals surface area contributed by atoms with Gasteiger partial charge < -0.3 is 10.5 Å². The lowest BCUT2D eigenvalue weighted by Crippen LogP contribution is -2.53. The maximum absolute atomic E-state index is 12.6. The van der Waals surface area contributed by atoms with Crippen LogP contribution in [0.3, 0.4) is 0 Å². The van der Waals surface area contributed by atoms with E-state index < -0.39 is 17.7 Å². The molecule has 2 rings (SSSR count). The number of nitrogen functional groups attached to an aromatic ring is 1. The molecule has 0 aliphatic carbocycles. The molecular formula is C12H13F3N2O2.